The van der Waals surface area contributed by atoms with E-state index in [0.29, 0.717) is 55.5 Å². The minimum absolute atomic E-state index is 0.0221. The number of anilines is 1. The van der Waals surface area contributed by atoms with Gasteiger partial charge in [0.25, 0.3) is 5.89 Å². The fourth-order valence-electron chi connectivity index (χ4n) is 4.17. The number of amides is 2. The molecule has 2 aromatic heterocycles. The smallest absolute Gasteiger partial charge is 0.322 e. The second-order valence-corrected chi connectivity index (χ2v) is 9.80. The molecule has 5 aromatic rings. The number of aryl methyl sites for hydroxylation is 2. The van der Waals surface area contributed by atoms with Crippen LogP contribution >= 0.6 is 0 Å². The minimum atomic E-state index is -2.82. The standard InChI is InChI=1S/C23H22F2N8O3.C7H8/c1-14-2-5-17(12-18(14)26-23(34)32-8-10-35-11-9-32)20-27-31-33(30-20)13-15-3-6-16(7-4-15)21-28-29-22(36-21)19(24)25;1-7-5-3-2-4-6-7/h2-7,12,19H,8-11,13H2,1H3,(H,26,34);2-6H,1H3. The highest BCUT2D eigenvalue weighted by atomic mass is 19.3. The van der Waals surface area contributed by atoms with Gasteiger partial charge < -0.3 is 19.4 Å². The van der Waals surface area contributed by atoms with E-state index in [-0.39, 0.29) is 11.9 Å². The largest absolute Gasteiger partial charge is 0.415 e. The van der Waals surface area contributed by atoms with Crippen LogP contribution in [0, 0.1) is 13.8 Å². The molecule has 1 aliphatic rings. The molecule has 0 spiro atoms. The summed E-state index contributed by atoms with van der Waals surface area (Å²) in [5.74, 6) is -0.277. The predicted octanol–water partition coefficient (Wildman–Crippen LogP) is 5.54. The van der Waals surface area contributed by atoms with Gasteiger partial charge in [0.2, 0.25) is 11.7 Å². The lowest BCUT2D eigenvalue weighted by molar-refractivity contribution is 0.0564. The number of benzene rings is 3. The first-order valence-electron chi connectivity index (χ1n) is 13.6. The Balaban J connectivity index is 0.000000463. The topological polar surface area (TPSA) is 124 Å². The van der Waals surface area contributed by atoms with Gasteiger partial charge in [-0.25, -0.2) is 4.79 Å². The summed E-state index contributed by atoms with van der Waals surface area (Å²) in [5.41, 5.74) is 5.00. The number of halogens is 2. The van der Waals surface area contributed by atoms with E-state index in [4.69, 9.17) is 9.15 Å². The fraction of sp³-hybridized carbons (Fsp3) is 0.267. The van der Waals surface area contributed by atoms with E-state index in [1.807, 2.05) is 43.3 Å². The first-order valence-corrected chi connectivity index (χ1v) is 13.6. The van der Waals surface area contributed by atoms with Crippen LogP contribution in [0.2, 0.25) is 0 Å². The Morgan fingerprint density at radius 2 is 1.65 bits per heavy atom. The summed E-state index contributed by atoms with van der Waals surface area (Å²) in [4.78, 5) is 15.7. The van der Waals surface area contributed by atoms with Gasteiger partial charge in [-0.3, -0.25) is 0 Å². The molecule has 43 heavy (non-hydrogen) atoms. The molecule has 0 atom stereocenters. The molecule has 2 amide bonds. The number of hydrogen-bond acceptors (Lipinski definition) is 8. The molecule has 222 valence electrons. The summed E-state index contributed by atoms with van der Waals surface area (Å²) in [7, 11) is 0. The zero-order valence-corrected chi connectivity index (χ0v) is 23.7. The van der Waals surface area contributed by atoms with Gasteiger partial charge in [-0.15, -0.1) is 20.4 Å². The Morgan fingerprint density at radius 3 is 2.30 bits per heavy atom. The number of alkyl halides is 2. The summed E-state index contributed by atoms with van der Waals surface area (Å²) in [6, 6.07) is 22.6. The second-order valence-electron chi connectivity index (χ2n) is 9.80. The van der Waals surface area contributed by atoms with E-state index in [0.717, 1.165) is 11.1 Å². The zero-order chi connectivity index (χ0) is 30.2. The molecule has 1 fully saturated rings. The summed E-state index contributed by atoms with van der Waals surface area (Å²) in [6.45, 7) is 6.48. The number of hydrogen-bond donors (Lipinski definition) is 1. The third-order valence-corrected chi connectivity index (χ3v) is 6.58. The van der Waals surface area contributed by atoms with Crippen LogP contribution in [0.5, 0.6) is 0 Å². The van der Waals surface area contributed by atoms with E-state index in [2.05, 4.69) is 50.0 Å². The minimum Gasteiger partial charge on any atom is -0.415 e. The number of nitrogens with one attached hydrogen (secondary N) is 1. The van der Waals surface area contributed by atoms with Crippen molar-refractivity contribution in [3.63, 3.8) is 0 Å². The average Bonchev–Trinajstić information content (AvgIpc) is 3.71. The number of nitrogens with zero attached hydrogens (tertiary/aromatic N) is 7. The second kappa shape index (κ2) is 13.7. The molecule has 11 nitrogen and oxygen atoms in total. The van der Waals surface area contributed by atoms with Crippen LogP contribution in [0.3, 0.4) is 0 Å². The monoisotopic (exact) mass is 588 g/mol. The summed E-state index contributed by atoms with van der Waals surface area (Å²) in [5, 5.41) is 22.6. The Labute approximate surface area is 246 Å². The Kier molecular flexibility index (Phi) is 9.42. The van der Waals surface area contributed by atoms with Gasteiger partial charge >= 0.3 is 12.5 Å². The molecule has 0 bridgehead atoms. The number of rotatable bonds is 6. The third kappa shape index (κ3) is 7.83. The van der Waals surface area contributed by atoms with Crippen molar-refractivity contribution in [3.05, 3.63) is 95.4 Å². The maximum absolute atomic E-state index is 12.7. The SMILES string of the molecule is Cc1ccc(-c2nnn(Cc3ccc(-c4nnc(C(F)F)o4)cc3)n2)cc1NC(=O)N1CCOCC1.Cc1ccccc1. The highest BCUT2D eigenvalue weighted by molar-refractivity contribution is 5.91. The van der Waals surface area contributed by atoms with Gasteiger partial charge in [0.1, 0.15) is 0 Å². The fourth-order valence-corrected chi connectivity index (χ4v) is 4.17. The van der Waals surface area contributed by atoms with Gasteiger partial charge in [0.15, 0.2) is 0 Å². The van der Waals surface area contributed by atoms with Gasteiger partial charge in [-0.1, -0.05) is 60.2 Å². The van der Waals surface area contributed by atoms with Crippen LogP contribution < -0.4 is 5.32 Å². The molecular formula is C30H30F2N8O3. The lowest BCUT2D eigenvalue weighted by Gasteiger charge is -2.27. The molecule has 1 saturated heterocycles. The lowest BCUT2D eigenvalue weighted by atomic mass is 10.1. The van der Waals surface area contributed by atoms with E-state index in [1.165, 1.54) is 10.4 Å². The number of ether oxygens (including phenoxy) is 1. The first-order chi connectivity index (χ1) is 20.9. The third-order valence-electron chi connectivity index (χ3n) is 6.58. The molecular weight excluding hydrogens is 558 g/mol. The molecule has 13 heteroatoms. The van der Waals surface area contributed by atoms with Crippen LogP contribution in [-0.4, -0.2) is 67.6 Å². The maximum atomic E-state index is 12.7. The van der Waals surface area contributed by atoms with Crippen LogP contribution in [-0.2, 0) is 11.3 Å². The Bertz CT molecular complexity index is 1630. The van der Waals surface area contributed by atoms with Crippen LogP contribution in [0.25, 0.3) is 22.8 Å². The number of carbonyl (C=O) groups excluding carboxylic acids is 1. The number of morpholine rings is 1. The number of carbonyl (C=O) groups is 1. The van der Waals surface area contributed by atoms with Gasteiger partial charge in [-0.05, 0) is 48.4 Å². The van der Waals surface area contributed by atoms with Gasteiger partial charge in [0.05, 0.1) is 19.8 Å². The first kappa shape index (κ1) is 29.5. The van der Waals surface area contributed by atoms with Crippen molar-refractivity contribution in [2.45, 2.75) is 26.8 Å². The molecule has 0 radical (unpaired) electrons. The molecule has 1 N–H and O–H groups in total. The molecule has 0 aliphatic carbocycles. The van der Waals surface area contributed by atoms with Crippen LogP contribution in [0.1, 0.15) is 29.0 Å². The average molecular weight is 589 g/mol. The predicted molar refractivity (Wildman–Crippen MR) is 154 cm³/mol. The van der Waals surface area contributed by atoms with Crippen molar-refractivity contribution in [1.29, 1.82) is 0 Å². The highest BCUT2D eigenvalue weighted by Crippen LogP contribution is 2.25. The van der Waals surface area contributed by atoms with E-state index in [9.17, 15) is 13.6 Å². The molecule has 0 saturated carbocycles. The van der Waals surface area contributed by atoms with Crippen molar-refractivity contribution in [2.24, 2.45) is 0 Å². The van der Waals surface area contributed by atoms with E-state index >= 15 is 0 Å². The van der Waals surface area contributed by atoms with Crippen molar-refractivity contribution < 1.29 is 22.7 Å². The molecule has 3 aromatic carbocycles. The number of aromatic nitrogens is 6. The Morgan fingerprint density at radius 1 is 0.930 bits per heavy atom. The normalized spacial score (nSPS) is 13.0. The van der Waals surface area contributed by atoms with E-state index < -0.39 is 12.3 Å². The molecule has 0 unspecified atom stereocenters. The number of urea groups is 1. The van der Waals surface area contributed by atoms with Crippen molar-refractivity contribution in [3.8, 4) is 22.8 Å². The number of tetrazole rings is 1. The van der Waals surface area contributed by atoms with Crippen LogP contribution in [0.15, 0.2) is 77.2 Å². The van der Waals surface area contributed by atoms with Crippen molar-refractivity contribution >= 4 is 11.7 Å². The van der Waals surface area contributed by atoms with Gasteiger partial charge in [-0.2, -0.15) is 13.6 Å². The maximum Gasteiger partial charge on any atom is 0.322 e. The van der Waals surface area contributed by atoms with Crippen LogP contribution in [0.4, 0.5) is 19.3 Å². The summed E-state index contributed by atoms with van der Waals surface area (Å²) >= 11 is 0. The Hall–Kier alpha value is -5.04. The molecule has 6 rings (SSSR count). The van der Waals surface area contributed by atoms with Gasteiger partial charge in [0, 0.05) is 29.9 Å². The molecule has 3 heterocycles. The summed E-state index contributed by atoms with van der Waals surface area (Å²) in [6.07, 6.45) is -2.82. The van der Waals surface area contributed by atoms with Crippen molar-refractivity contribution in [2.75, 3.05) is 31.6 Å². The summed E-state index contributed by atoms with van der Waals surface area (Å²) < 4.78 is 35.6. The quantitative estimate of drug-likeness (QED) is 0.274. The van der Waals surface area contributed by atoms with Crippen molar-refractivity contribution in [1.82, 2.24) is 35.3 Å². The van der Waals surface area contributed by atoms with E-state index in [1.54, 1.807) is 29.2 Å². The lowest BCUT2D eigenvalue weighted by Crippen LogP contribution is -2.43. The zero-order valence-electron chi connectivity index (χ0n) is 23.7. The highest BCUT2D eigenvalue weighted by Gasteiger charge is 2.19. The molecule has 1 aliphatic heterocycles.